The van der Waals surface area contributed by atoms with Gasteiger partial charge in [0.15, 0.2) is 0 Å². The summed E-state index contributed by atoms with van der Waals surface area (Å²) in [4.78, 5) is 0. The van der Waals surface area contributed by atoms with Crippen LogP contribution in [0, 0.1) is 0 Å². The van der Waals surface area contributed by atoms with Crippen LogP contribution < -0.4 is 5.73 Å². The summed E-state index contributed by atoms with van der Waals surface area (Å²) in [5.74, 6) is 0. The molecule has 0 heterocycles. The molecule has 1 aromatic rings. The summed E-state index contributed by atoms with van der Waals surface area (Å²) < 4.78 is 25.4. The van der Waals surface area contributed by atoms with Gasteiger partial charge in [0, 0.05) is 0 Å². The Kier molecular flexibility index (Phi) is 3.92. The highest BCUT2D eigenvalue weighted by Crippen LogP contribution is 2.25. The van der Waals surface area contributed by atoms with Crippen molar-refractivity contribution in [3.63, 3.8) is 0 Å². The molecule has 0 aliphatic heterocycles. The van der Waals surface area contributed by atoms with E-state index >= 15 is 0 Å². The first-order chi connectivity index (χ1) is 7.63. The Hall–Kier alpha value is -0.960. The molecule has 2 N–H and O–H groups in total. The van der Waals surface area contributed by atoms with Crippen molar-refractivity contribution in [2.75, 3.05) is 0 Å². The van der Waals surface area contributed by atoms with Gasteiger partial charge in [-0.2, -0.15) is 0 Å². The Labute approximate surface area is 102 Å². The second-order valence-electron chi connectivity index (χ2n) is 5.93. The number of benzene rings is 1. The monoisotopic (exact) mass is 241 g/mol. The third-order valence-corrected chi connectivity index (χ3v) is 2.88. The lowest BCUT2D eigenvalue weighted by molar-refractivity contribution is 0.0639. The summed E-state index contributed by atoms with van der Waals surface area (Å²) in [6.07, 6.45) is -2.32. The molecule has 3 heteroatoms. The average molecular weight is 241 g/mol. The van der Waals surface area contributed by atoms with Crippen molar-refractivity contribution in [1.82, 2.24) is 0 Å². The Morgan fingerprint density at radius 3 is 2.24 bits per heavy atom. The minimum Gasteiger partial charge on any atom is -0.320 e. The first-order valence-corrected chi connectivity index (χ1v) is 5.79. The molecular weight excluding hydrogens is 220 g/mol. The highest BCUT2D eigenvalue weighted by atomic mass is 19.3. The van der Waals surface area contributed by atoms with E-state index in [1.54, 1.807) is 0 Å². The van der Waals surface area contributed by atoms with Gasteiger partial charge in [-0.15, -0.1) is 0 Å². The second-order valence-corrected chi connectivity index (χ2v) is 5.93. The lowest BCUT2D eigenvalue weighted by atomic mass is 9.84. The Morgan fingerprint density at radius 2 is 1.76 bits per heavy atom. The topological polar surface area (TPSA) is 26.0 Å². The molecule has 96 valence electrons. The van der Waals surface area contributed by atoms with E-state index in [0.29, 0.717) is 0 Å². The quantitative estimate of drug-likeness (QED) is 0.861. The Morgan fingerprint density at radius 1 is 1.18 bits per heavy atom. The van der Waals surface area contributed by atoms with Gasteiger partial charge in [-0.1, -0.05) is 45.0 Å². The molecule has 0 bridgehead atoms. The van der Waals surface area contributed by atoms with E-state index in [4.69, 9.17) is 5.73 Å². The van der Waals surface area contributed by atoms with Gasteiger partial charge in [0.2, 0.25) is 0 Å². The lowest BCUT2D eigenvalue weighted by Crippen LogP contribution is -2.45. The normalized spacial score (nSPS) is 16.0. The summed E-state index contributed by atoms with van der Waals surface area (Å²) in [6, 6.07) is 7.73. The first kappa shape index (κ1) is 14.1. The van der Waals surface area contributed by atoms with Gasteiger partial charge in [-0.25, -0.2) is 8.78 Å². The highest BCUT2D eigenvalue weighted by molar-refractivity contribution is 5.29. The van der Waals surface area contributed by atoms with Crippen LogP contribution in [0.3, 0.4) is 0 Å². The van der Waals surface area contributed by atoms with Crippen LogP contribution in [0.5, 0.6) is 0 Å². The summed E-state index contributed by atoms with van der Waals surface area (Å²) >= 11 is 0. The van der Waals surface area contributed by atoms with Crippen molar-refractivity contribution in [2.45, 2.75) is 51.5 Å². The average Bonchev–Trinajstić information content (AvgIpc) is 2.15. The molecule has 1 unspecified atom stereocenters. The summed E-state index contributed by atoms with van der Waals surface area (Å²) in [7, 11) is 0. The van der Waals surface area contributed by atoms with Crippen LogP contribution in [0.4, 0.5) is 8.78 Å². The zero-order valence-corrected chi connectivity index (χ0v) is 10.9. The van der Waals surface area contributed by atoms with Crippen LogP contribution in [0.25, 0.3) is 0 Å². The fraction of sp³-hybridized carbons (Fsp3) is 0.571. The maximum absolute atomic E-state index is 12.7. The van der Waals surface area contributed by atoms with Crippen molar-refractivity contribution in [1.29, 1.82) is 0 Å². The van der Waals surface area contributed by atoms with Crippen molar-refractivity contribution in [2.24, 2.45) is 5.73 Å². The smallest absolute Gasteiger partial charge is 0.256 e. The highest BCUT2D eigenvalue weighted by Gasteiger charge is 2.30. The van der Waals surface area contributed by atoms with Crippen molar-refractivity contribution in [3.05, 3.63) is 35.4 Å². The van der Waals surface area contributed by atoms with Crippen LogP contribution in [0.15, 0.2) is 24.3 Å². The number of hydrogen-bond donors (Lipinski definition) is 1. The van der Waals surface area contributed by atoms with Crippen LogP contribution >= 0.6 is 0 Å². The minimum absolute atomic E-state index is 0.0197. The molecule has 0 amide bonds. The lowest BCUT2D eigenvalue weighted by Gasteiger charge is -2.25. The van der Waals surface area contributed by atoms with Gasteiger partial charge < -0.3 is 5.73 Å². The predicted molar refractivity (Wildman–Crippen MR) is 67.4 cm³/mol. The van der Waals surface area contributed by atoms with Gasteiger partial charge >= 0.3 is 0 Å². The van der Waals surface area contributed by atoms with E-state index in [2.05, 4.69) is 20.8 Å². The number of nitrogens with two attached hydrogens (primary N) is 1. The van der Waals surface area contributed by atoms with Crippen LogP contribution in [0.2, 0.25) is 0 Å². The molecule has 1 rings (SSSR count). The number of halogens is 2. The summed E-state index contributed by atoms with van der Waals surface area (Å²) in [6.45, 7) is 7.68. The first-order valence-electron chi connectivity index (χ1n) is 5.79. The molecule has 17 heavy (non-hydrogen) atoms. The fourth-order valence-electron chi connectivity index (χ4n) is 1.66. The van der Waals surface area contributed by atoms with Crippen molar-refractivity contribution in [3.8, 4) is 0 Å². The van der Waals surface area contributed by atoms with E-state index < -0.39 is 12.0 Å². The van der Waals surface area contributed by atoms with E-state index in [-0.39, 0.29) is 11.8 Å². The largest absolute Gasteiger partial charge is 0.320 e. The Balaban J connectivity index is 2.94. The fourth-order valence-corrected chi connectivity index (χ4v) is 1.66. The zero-order chi connectivity index (χ0) is 13.3. The predicted octanol–water partition coefficient (Wildman–Crippen LogP) is 3.51. The molecule has 0 aliphatic rings. The molecule has 0 fully saturated rings. The molecule has 0 saturated heterocycles. The van der Waals surface area contributed by atoms with E-state index in [9.17, 15) is 8.78 Å². The van der Waals surface area contributed by atoms with E-state index in [1.807, 2.05) is 24.3 Å². The number of alkyl halides is 2. The van der Waals surface area contributed by atoms with Gasteiger partial charge in [0.25, 0.3) is 6.43 Å². The maximum Gasteiger partial charge on any atom is 0.256 e. The van der Waals surface area contributed by atoms with Gasteiger partial charge in [0.05, 0.1) is 5.54 Å². The molecule has 0 aromatic heterocycles. The van der Waals surface area contributed by atoms with Crippen molar-refractivity contribution >= 4 is 0 Å². The molecule has 0 aliphatic carbocycles. The summed E-state index contributed by atoms with van der Waals surface area (Å²) in [5.41, 5.74) is 6.16. The van der Waals surface area contributed by atoms with E-state index in [1.165, 1.54) is 6.92 Å². The SMILES string of the molecule is CC(C)(C)c1cccc(CC(C)(N)C(F)F)c1. The van der Waals surface area contributed by atoms with E-state index in [0.717, 1.165) is 11.1 Å². The Bertz CT molecular complexity index is 378. The molecule has 0 saturated carbocycles. The second kappa shape index (κ2) is 4.73. The van der Waals surface area contributed by atoms with Crippen LogP contribution in [-0.2, 0) is 11.8 Å². The molecule has 1 atom stereocenters. The maximum atomic E-state index is 12.7. The van der Waals surface area contributed by atoms with Gasteiger partial charge in [0.1, 0.15) is 0 Å². The molecule has 1 aromatic carbocycles. The van der Waals surface area contributed by atoms with Crippen LogP contribution in [-0.4, -0.2) is 12.0 Å². The third kappa shape index (κ3) is 3.77. The van der Waals surface area contributed by atoms with Gasteiger partial charge in [-0.3, -0.25) is 0 Å². The third-order valence-electron chi connectivity index (χ3n) is 2.88. The summed E-state index contributed by atoms with van der Waals surface area (Å²) in [5, 5.41) is 0. The zero-order valence-electron chi connectivity index (χ0n) is 10.9. The van der Waals surface area contributed by atoms with Crippen LogP contribution in [0.1, 0.15) is 38.8 Å². The number of rotatable bonds is 3. The van der Waals surface area contributed by atoms with Crippen molar-refractivity contribution < 1.29 is 8.78 Å². The molecule has 1 nitrogen and oxygen atoms in total. The minimum atomic E-state index is -2.51. The molecule has 0 spiro atoms. The van der Waals surface area contributed by atoms with Gasteiger partial charge in [-0.05, 0) is 29.9 Å². The molecular formula is C14H21F2N. The molecule has 0 radical (unpaired) electrons. The number of hydrogen-bond acceptors (Lipinski definition) is 1. The standard InChI is InChI=1S/C14H21F2N/c1-13(2,3)11-7-5-6-10(8-11)9-14(4,17)12(15)16/h5-8,12H,9,17H2,1-4H3.